The normalized spacial score (nSPS) is 16.3. The van der Waals surface area contributed by atoms with Gasteiger partial charge in [-0.15, -0.1) is 0 Å². The molecular formula is C48H94N2O5. The van der Waals surface area contributed by atoms with E-state index in [4.69, 9.17) is 9.47 Å². The number of rotatable bonds is 40. The van der Waals surface area contributed by atoms with Crippen molar-refractivity contribution < 1.29 is 24.2 Å². The van der Waals surface area contributed by atoms with Crippen molar-refractivity contribution in [3.05, 3.63) is 0 Å². The van der Waals surface area contributed by atoms with Crippen molar-refractivity contribution in [1.82, 2.24) is 10.2 Å². The van der Waals surface area contributed by atoms with Crippen molar-refractivity contribution in [1.29, 1.82) is 0 Å². The molecule has 0 spiro atoms. The summed E-state index contributed by atoms with van der Waals surface area (Å²) < 4.78 is 12.0. The van der Waals surface area contributed by atoms with Gasteiger partial charge < -0.3 is 24.8 Å². The molecule has 1 rings (SSSR count). The molecule has 1 fully saturated rings. The number of aliphatic hydroxyl groups excluding tert-OH is 1. The molecule has 7 nitrogen and oxygen atoms in total. The lowest BCUT2D eigenvalue weighted by Gasteiger charge is -2.39. The van der Waals surface area contributed by atoms with E-state index in [2.05, 4.69) is 37.9 Å². The van der Waals surface area contributed by atoms with Gasteiger partial charge in [0.15, 0.2) is 0 Å². The van der Waals surface area contributed by atoms with E-state index in [-0.39, 0.29) is 30.8 Å². The third-order valence-corrected chi connectivity index (χ3v) is 11.8. The second-order valence-corrected chi connectivity index (χ2v) is 17.3. The molecule has 1 heterocycles. The highest BCUT2D eigenvalue weighted by Gasteiger charge is 2.25. The Hall–Kier alpha value is -1.18. The van der Waals surface area contributed by atoms with Crippen LogP contribution in [0.15, 0.2) is 0 Å². The average molecular weight is 779 g/mol. The summed E-state index contributed by atoms with van der Waals surface area (Å²) in [5.74, 6) is 0.0300. The zero-order chi connectivity index (χ0) is 40.0. The Morgan fingerprint density at radius 1 is 0.509 bits per heavy atom. The highest BCUT2D eigenvalue weighted by molar-refractivity contribution is 5.69. The number of esters is 2. The molecule has 0 aliphatic carbocycles. The summed E-state index contributed by atoms with van der Waals surface area (Å²) in [6.07, 6.45) is 38.2. The molecule has 0 aromatic rings. The lowest BCUT2D eigenvalue weighted by molar-refractivity contribution is -0.151. The molecular weight excluding hydrogens is 685 g/mol. The van der Waals surface area contributed by atoms with Crippen molar-refractivity contribution in [2.75, 3.05) is 26.2 Å². The fraction of sp³-hybridized carbons (Fsp3) is 0.958. The molecule has 0 bridgehead atoms. The van der Waals surface area contributed by atoms with Gasteiger partial charge >= 0.3 is 11.9 Å². The number of nitrogens with zero attached hydrogens (tertiary/aromatic N) is 1. The quantitative estimate of drug-likeness (QED) is 0.0473. The lowest BCUT2D eigenvalue weighted by Crippen LogP contribution is -2.56. The lowest BCUT2D eigenvalue weighted by atomic mass is 9.98. The maximum absolute atomic E-state index is 12.7. The van der Waals surface area contributed by atoms with Crippen LogP contribution >= 0.6 is 0 Å². The van der Waals surface area contributed by atoms with Crippen LogP contribution in [0.3, 0.4) is 0 Å². The van der Waals surface area contributed by atoms with Crippen molar-refractivity contribution in [2.24, 2.45) is 0 Å². The molecule has 2 atom stereocenters. The molecule has 7 heteroatoms. The van der Waals surface area contributed by atoms with E-state index in [1.54, 1.807) is 0 Å². The van der Waals surface area contributed by atoms with Crippen LogP contribution in [0.1, 0.15) is 246 Å². The first-order chi connectivity index (χ1) is 26.9. The number of carbonyl (C=O) groups is 2. The maximum atomic E-state index is 12.7. The molecule has 0 aromatic heterocycles. The first kappa shape index (κ1) is 51.8. The van der Waals surface area contributed by atoms with Crippen molar-refractivity contribution in [3.63, 3.8) is 0 Å². The number of carbonyl (C=O) groups excluding carboxylic acids is 2. The largest absolute Gasteiger partial charge is 0.462 e. The van der Waals surface area contributed by atoms with Gasteiger partial charge in [0.2, 0.25) is 0 Å². The summed E-state index contributed by atoms with van der Waals surface area (Å²) in [5, 5.41) is 13.3. The summed E-state index contributed by atoms with van der Waals surface area (Å²) in [6.45, 7) is 12.5. The number of ether oxygens (including phenoxy) is 2. The fourth-order valence-corrected chi connectivity index (χ4v) is 8.35. The van der Waals surface area contributed by atoms with Gasteiger partial charge in [-0.2, -0.15) is 0 Å². The first-order valence-corrected chi connectivity index (χ1v) is 24.4. The van der Waals surface area contributed by atoms with E-state index in [0.717, 1.165) is 83.8 Å². The van der Waals surface area contributed by atoms with Crippen LogP contribution in [0.4, 0.5) is 0 Å². The third-order valence-electron chi connectivity index (χ3n) is 11.8. The summed E-state index contributed by atoms with van der Waals surface area (Å²) in [7, 11) is 0. The molecule has 1 aliphatic heterocycles. The summed E-state index contributed by atoms with van der Waals surface area (Å²) in [6, 6.07) is 1.01. The highest BCUT2D eigenvalue weighted by atomic mass is 16.5. The molecule has 2 unspecified atom stereocenters. The SMILES string of the molecule is CCCCCCC(CCCCCC)OC(=O)CCCCCCC1CN(CCCCO)CC(CCCCCCC(=O)OC(CCCCCC)CCCCCC)N1. The van der Waals surface area contributed by atoms with E-state index in [9.17, 15) is 14.7 Å². The molecule has 0 saturated carbocycles. The number of aliphatic hydroxyl groups is 1. The van der Waals surface area contributed by atoms with Crippen LogP contribution in [0.5, 0.6) is 0 Å². The van der Waals surface area contributed by atoms with Crippen LogP contribution < -0.4 is 5.32 Å². The van der Waals surface area contributed by atoms with Gasteiger partial charge in [-0.05, 0) is 96.4 Å². The van der Waals surface area contributed by atoms with Gasteiger partial charge in [0.1, 0.15) is 12.2 Å². The van der Waals surface area contributed by atoms with Crippen LogP contribution in [-0.2, 0) is 19.1 Å². The Bertz CT molecular complexity index is 770. The van der Waals surface area contributed by atoms with Crippen molar-refractivity contribution in [3.8, 4) is 0 Å². The number of piperazine rings is 1. The van der Waals surface area contributed by atoms with Crippen LogP contribution in [0.2, 0.25) is 0 Å². The predicted molar refractivity (Wildman–Crippen MR) is 234 cm³/mol. The zero-order valence-corrected chi connectivity index (χ0v) is 37.2. The van der Waals surface area contributed by atoms with Crippen molar-refractivity contribution >= 4 is 11.9 Å². The Morgan fingerprint density at radius 3 is 1.24 bits per heavy atom. The summed E-state index contributed by atoms with van der Waals surface area (Å²) >= 11 is 0. The van der Waals surface area contributed by atoms with E-state index in [0.29, 0.717) is 24.9 Å². The van der Waals surface area contributed by atoms with Crippen LogP contribution in [0, 0.1) is 0 Å². The number of hydrogen-bond donors (Lipinski definition) is 2. The van der Waals surface area contributed by atoms with Gasteiger partial charge in [0.25, 0.3) is 0 Å². The highest BCUT2D eigenvalue weighted by Crippen LogP contribution is 2.21. The fourth-order valence-electron chi connectivity index (χ4n) is 8.35. The van der Waals surface area contributed by atoms with E-state index in [1.807, 2.05) is 0 Å². The molecule has 1 saturated heterocycles. The Labute approximate surface area is 342 Å². The predicted octanol–water partition coefficient (Wildman–Crippen LogP) is 12.8. The molecule has 0 aromatic carbocycles. The second kappa shape index (κ2) is 38.3. The smallest absolute Gasteiger partial charge is 0.306 e. The minimum absolute atomic E-state index is 0.0150. The monoisotopic (exact) mass is 779 g/mol. The molecule has 0 radical (unpaired) electrons. The summed E-state index contributed by atoms with van der Waals surface area (Å²) in [4.78, 5) is 28.1. The van der Waals surface area contributed by atoms with Gasteiger partial charge in [-0.25, -0.2) is 0 Å². The summed E-state index contributed by atoms with van der Waals surface area (Å²) in [5.41, 5.74) is 0. The standard InChI is InChI=1S/C48H94N2O5/c1-5-9-13-23-33-45(34-24-14-10-6-2)54-47(52)37-27-19-17-21-31-43-41-50(39-29-30-40-51)42-44(49-43)32-22-18-20-28-38-48(53)55-46(35-25-15-11-7-3)36-26-16-12-8-4/h43-46,49,51H,5-42H2,1-4H3. The zero-order valence-electron chi connectivity index (χ0n) is 37.2. The minimum atomic E-state index is 0.0150. The van der Waals surface area contributed by atoms with E-state index in [1.165, 1.54) is 141 Å². The first-order valence-electron chi connectivity index (χ1n) is 24.4. The van der Waals surface area contributed by atoms with E-state index >= 15 is 0 Å². The molecule has 0 amide bonds. The molecule has 55 heavy (non-hydrogen) atoms. The molecule has 1 aliphatic rings. The van der Waals surface area contributed by atoms with E-state index < -0.39 is 0 Å². The Kier molecular flexibility index (Phi) is 36.1. The third kappa shape index (κ3) is 31.5. The van der Waals surface area contributed by atoms with Gasteiger partial charge in [-0.1, -0.05) is 143 Å². The number of nitrogens with one attached hydrogen (secondary N) is 1. The Balaban J connectivity index is 2.37. The second-order valence-electron chi connectivity index (χ2n) is 17.3. The van der Waals surface area contributed by atoms with Crippen LogP contribution in [0.25, 0.3) is 0 Å². The topological polar surface area (TPSA) is 88.1 Å². The van der Waals surface area contributed by atoms with Gasteiger partial charge in [0.05, 0.1) is 0 Å². The molecule has 326 valence electrons. The average Bonchev–Trinajstić information content (AvgIpc) is 3.17. The van der Waals surface area contributed by atoms with Crippen LogP contribution in [-0.4, -0.2) is 72.5 Å². The number of hydrogen-bond acceptors (Lipinski definition) is 7. The van der Waals surface area contributed by atoms with Gasteiger partial charge in [0, 0.05) is 44.6 Å². The minimum Gasteiger partial charge on any atom is -0.462 e. The Morgan fingerprint density at radius 2 is 0.873 bits per heavy atom. The molecule has 2 N–H and O–H groups in total. The van der Waals surface area contributed by atoms with Gasteiger partial charge in [-0.3, -0.25) is 9.59 Å². The number of unbranched alkanes of at least 4 members (excludes halogenated alkanes) is 19. The maximum Gasteiger partial charge on any atom is 0.306 e. The van der Waals surface area contributed by atoms with Crippen molar-refractivity contribution in [2.45, 2.75) is 270 Å².